The van der Waals surface area contributed by atoms with E-state index in [-0.39, 0.29) is 31.9 Å². The van der Waals surface area contributed by atoms with E-state index in [0.717, 1.165) is 5.56 Å². The molecule has 24 heavy (non-hydrogen) atoms. The van der Waals surface area contributed by atoms with Gasteiger partial charge in [0.05, 0.1) is 13.5 Å². The second kappa shape index (κ2) is 11.4. The summed E-state index contributed by atoms with van der Waals surface area (Å²) in [6, 6.07) is 9.36. The fourth-order valence-corrected chi connectivity index (χ4v) is 3.38. The smallest absolute Gasteiger partial charge is 0.306 e. The second-order valence-corrected chi connectivity index (χ2v) is 7.15. The Balaban J connectivity index is 0.00000529. The van der Waals surface area contributed by atoms with Crippen LogP contribution in [-0.4, -0.2) is 56.8 Å². The molecule has 1 aromatic carbocycles. The van der Waals surface area contributed by atoms with E-state index < -0.39 is 16.2 Å². The van der Waals surface area contributed by atoms with Crippen molar-refractivity contribution >= 4 is 28.6 Å². The average molecular weight is 380 g/mol. The van der Waals surface area contributed by atoms with Crippen molar-refractivity contribution in [3.8, 4) is 0 Å². The van der Waals surface area contributed by atoms with Gasteiger partial charge in [0, 0.05) is 26.7 Å². The third kappa shape index (κ3) is 7.14. The number of nitrogens with two attached hydrogens (primary N) is 1. The number of rotatable bonds is 10. The Morgan fingerprint density at radius 2 is 1.83 bits per heavy atom. The Bertz CT molecular complexity index is 584. The van der Waals surface area contributed by atoms with Crippen LogP contribution in [-0.2, 0) is 26.3 Å². The van der Waals surface area contributed by atoms with E-state index in [1.807, 2.05) is 30.3 Å². The Hall–Kier alpha value is -1.19. The van der Waals surface area contributed by atoms with Crippen molar-refractivity contribution in [1.82, 2.24) is 8.61 Å². The highest BCUT2D eigenvalue weighted by molar-refractivity contribution is 7.86. The molecule has 0 bridgehead atoms. The van der Waals surface area contributed by atoms with Gasteiger partial charge in [-0.15, -0.1) is 12.4 Å². The molecule has 2 N–H and O–H groups in total. The summed E-state index contributed by atoms with van der Waals surface area (Å²) in [6.45, 7) is 1.08. The van der Waals surface area contributed by atoms with Crippen molar-refractivity contribution < 1.29 is 17.9 Å². The van der Waals surface area contributed by atoms with Crippen LogP contribution in [0.5, 0.6) is 0 Å². The number of methoxy groups -OCH3 is 1. The summed E-state index contributed by atoms with van der Waals surface area (Å²) < 4.78 is 32.5. The van der Waals surface area contributed by atoms with Gasteiger partial charge in [0.25, 0.3) is 10.2 Å². The summed E-state index contributed by atoms with van der Waals surface area (Å²) in [7, 11) is -0.937. The topological polar surface area (TPSA) is 92.9 Å². The lowest BCUT2D eigenvalue weighted by Gasteiger charge is -2.27. The number of nitrogens with zero attached hydrogens (tertiary/aromatic N) is 2. The molecular weight excluding hydrogens is 354 g/mol. The van der Waals surface area contributed by atoms with Crippen molar-refractivity contribution in [2.75, 3.05) is 33.8 Å². The van der Waals surface area contributed by atoms with Crippen LogP contribution in [0.15, 0.2) is 30.3 Å². The molecule has 0 atom stereocenters. The van der Waals surface area contributed by atoms with Gasteiger partial charge in [-0.25, -0.2) is 0 Å². The molecular formula is C15H26ClN3O4S. The highest BCUT2D eigenvalue weighted by Crippen LogP contribution is 2.13. The number of hydrogen-bond acceptors (Lipinski definition) is 5. The molecule has 0 aromatic heterocycles. The predicted octanol–water partition coefficient (Wildman–Crippen LogP) is 0.999. The van der Waals surface area contributed by atoms with Gasteiger partial charge in [0.2, 0.25) is 0 Å². The van der Waals surface area contributed by atoms with Crippen LogP contribution in [0.2, 0.25) is 0 Å². The predicted molar refractivity (Wildman–Crippen MR) is 96.0 cm³/mol. The van der Waals surface area contributed by atoms with E-state index in [1.165, 1.54) is 22.8 Å². The van der Waals surface area contributed by atoms with Crippen molar-refractivity contribution in [2.24, 2.45) is 5.73 Å². The molecule has 1 aromatic rings. The first kappa shape index (κ1) is 22.8. The molecule has 0 aliphatic rings. The van der Waals surface area contributed by atoms with Gasteiger partial charge in [-0.05, 0) is 18.5 Å². The summed E-state index contributed by atoms with van der Waals surface area (Å²) in [5, 5.41) is 0. The van der Waals surface area contributed by atoms with Crippen molar-refractivity contribution in [1.29, 1.82) is 0 Å². The van der Waals surface area contributed by atoms with Gasteiger partial charge in [-0.1, -0.05) is 30.3 Å². The standard InChI is InChI=1S/C15H25N3O4S.ClH/c1-17(12-9-15(19)22-2)23(20,21)18(11-6-10-16)13-14-7-4-3-5-8-14;/h3-5,7-8H,6,9-13,16H2,1-2H3;1H. The van der Waals surface area contributed by atoms with Crippen LogP contribution in [0.4, 0.5) is 0 Å². The van der Waals surface area contributed by atoms with Gasteiger partial charge in [0.1, 0.15) is 0 Å². The first-order valence-corrected chi connectivity index (χ1v) is 8.83. The minimum atomic E-state index is -3.67. The largest absolute Gasteiger partial charge is 0.469 e. The molecule has 0 saturated heterocycles. The van der Waals surface area contributed by atoms with Crippen LogP contribution in [0, 0.1) is 0 Å². The molecule has 0 spiro atoms. The third-order valence-corrected chi connectivity index (χ3v) is 5.33. The van der Waals surface area contributed by atoms with E-state index in [9.17, 15) is 13.2 Å². The van der Waals surface area contributed by atoms with E-state index >= 15 is 0 Å². The number of carbonyl (C=O) groups excluding carboxylic acids is 1. The average Bonchev–Trinajstić information content (AvgIpc) is 2.56. The van der Waals surface area contributed by atoms with Crippen LogP contribution < -0.4 is 5.73 Å². The number of halogens is 1. The van der Waals surface area contributed by atoms with Crippen molar-refractivity contribution in [3.05, 3.63) is 35.9 Å². The lowest BCUT2D eigenvalue weighted by atomic mass is 10.2. The summed E-state index contributed by atoms with van der Waals surface area (Å²) in [6.07, 6.45) is 0.583. The first-order valence-electron chi connectivity index (χ1n) is 7.44. The summed E-state index contributed by atoms with van der Waals surface area (Å²) in [5.41, 5.74) is 6.41. The minimum absolute atomic E-state index is 0. The minimum Gasteiger partial charge on any atom is -0.469 e. The zero-order valence-corrected chi connectivity index (χ0v) is 15.7. The monoisotopic (exact) mass is 379 g/mol. The van der Waals surface area contributed by atoms with Crippen LogP contribution in [0.25, 0.3) is 0 Å². The maximum atomic E-state index is 12.7. The number of carbonyl (C=O) groups is 1. The van der Waals surface area contributed by atoms with E-state index in [2.05, 4.69) is 4.74 Å². The number of ether oxygens (including phenoxy) is 1. The maximum Gasteiger partial charge on any atom is 0.306 e. The fraction of sp³-hybridized carbons (Fsp3) is 0.533. The maximum absolute atomic E-state index is 12.7. The van der Waals surface area contributed by atoms with Gasteiger partial charge in [-0.2, -0.15) is 17.0 Å². The lowest BCUT2D eigenvalue weighted by molar-refractivity contribution is -0.140. The number of benzene rings is 1. The van der Waals surface area contributed by atoms with Gasteiger partial charge in [0.15, 0.2) is 0 Å². The quantitative estimate of drug-likeness (QED) is 0.612. The molecule has 0 amide bonds. The molecule has 1 rings (SSSR count). The molecule has 138 valence electrons. The van der Waals surface area contributed by atoms with E-state index in [4.69, 9.17) is 5.73 Å². The van der Waals surface area contributed by atoms with Gasteiger partial charge >= 0.3 is 5.97 Å². The van der Waals surface area contributed by atoms with E-state index in [0.29, 0.717) is 19.5 Å². The summed E-state index contributed by atoms with van der Waals surface area (Å²) in [4.78, 5) is 11.2. The van der Waals surface area contributed by atoms with Gasteiger partial charge in [-0.3, -0.25) is 4.79 Å². The van der Waals surface area contributed by atoms with Crippen LogP contribution in [0.1, 0.15) is 18.4 Å². The first-order chi connectivity index (χ1) is 10.9. The highest BCUT2D eigenvalue weighted by atomic mass is 35.5. The zero-order chi connectivity index (χ0) is 17.3. The fourth-order valence-electron chi connectivity index (χ4n) is 1.99. The van der Waals surface area contributed by atoms with Crippen molar-refractivity contribution in [3.63, 3.8) is 0 Å². The molecule has 0 aliphatic carbocycles. The molecule has 0 saturated carbocycles. The Kier molecular flexibility index (Phi) is 10.8. The molecule has 9 heteroatoms. The molecule has 0 radical (unpaired) electrons. The Morgan fingerprint density at radius 1 is 1.21 bits per heavy atom. The number of hydrogen-bond donors (Lipinski definition) is 1. The molecule has 7 nitrogen and oxygen atoms in total. The summed E-state index contributed by atoms with van der Waals surface area (Å²) in [5.74, 6) is -0.441. The Labute approximate surface area is 150 Å². The third-order valence-electron chi connectivity index (χ3n) is 3.39. The highest BCUT2D eigenvalue weighted by Gasteiger charge is 2.27. The van der Waals surface area contributed by atoms with Gasteiger partial charge < -0.3 is 10.5 Å². The normalized spacial score (nSPS) is 11.4. The Morgan fingerprint density at radius 3 is 2.38 bits per heavy atom. The second-order valence-electron chi connectivity index (χ2n) is 5.12. The molecule has 0 fully saturated rings. The molecule has 0 heterocycles. The molecule has 0 aliphatic heterocycles. The van der Waals surface area contributed by atoms with Crippen LogP contribution in [0.3, 0.4) is 0 Å². The SMILES string of the molecule is COC(=O)CCN(C)S(=O)(=O)N(CCCN)Cc1ccccc1.Cl. The summed E-state index contributed by atoms with van der Waals surface area (Å²) >= 11 is 0. The molecule has 0 unspecified atom stereocenters. The van der Waals surface area contributed by atoms with Crippen LogP contribution >= 0.6 is 12.4 Å². The van der Waals surface area contributed by atoms with Crippen molar-refractivity contribution in [2.45, 2.75) is 19.4 Å². The number of esters is 1. The lowest BCUT2D eigenvalue weighted by Crippen LogP contribution is -2.43. The van der Waals surface area contributed by atoms with E-state index in [1.54, 1.807) is 0 Å². The zero-order valence-electron chi connectivity index (χ0n) is 14.1.